The Bertz CT molecular complexity index is 508. The number of hydrogen-bond donors (Lipinski definition) is 1. The fourth-order valence-electron chi connectivity index (χ4n) is 1.95. The van der Waals surface area contributed by atoms with Crippen molar-refractivity contribution in [1.29, 1.82) is 0 Å². The van der Waals surface area contributed by atoms with E-state index in [1.165, 1.54) is 0 Å². The highest BCUT2D eigenvalue weighted by atomic mass is 35.5. The molecule has 0 aliphatic heterocycles. The fraction of sp³-hybridized carbons (Fsp3) is 0.214. The average molecular weight is 281 g/mol. The zero-order chi connectivity index (χ0) is 13.1. The van der Waals surface area contributed by atoms with Gasteiger partial charge in [0, 0.05) is 40.0 Å². The van der Waals surface area contributed by atoms with E-state index in [0.717, 1.165) is 11.1 Å². The Balaban J connectivity index is 2.34. The van der Waals surface area contributed by atoms with Crippen LogP contribution in [0.2, 0.25) is 10.0 Å². The van der Waals surface area contributed by atoms with Gasteiger partial charge < -0.3 is 5.73 Å². The molecule has 2 nitrogen and oxygen atoms in total. The smallest absolute Gasteiger partial charge is 0.0468 e. The highest BCUT2D eigenvalue weighted by Crippen LogP contribution is 2.36. The molecule has 0 aliphatic rings. The fourth-order valence-corrected chi connectivity index (χ4v) is 2.60. The maximum Gasteiger partial charge on any atom is 0.0468 e. The Kier molecular flexibility index (Phi) is 4.23. The lowest BCUT2D eigenvalue weighted by atomic mass is 9.90. The van der Waals surface area contributed by atoms with Gasteiger partial charge in [0.05, 0.1) is 0 Å². The Labute approximate surface area is 117 Å². The van der Waals surface area contributed by atoms with Gasteiger partial charge in [-0.25, -0.2) is 0 Å². The molecule has 2 unspecified atom stereocenters. The van der Waals surface area contributed by atoms with Crippen molar-refractivity contribution in [3.05, 3.63) is 63.9 Å². The van der Waals surface area contributed by atoms with E-state index in [2.05, 4.69) is 11.9 Å². The molecule has 0 bridgehead atoms. The number of pyridine rings is 1. The van der Waals surface area contributed by atoms with Crippen molar-refractivity contribution in [2.24, 2.45) is 5.73 Å². The van der Waals surface area contributed by atoms with Crippen LogP contribution < -0.4 is 5.73 Å². The summed E-state index contributed by atoms with van der Waals surface area (Å²) in [6, 6.07) is 9.10. The van der Waals surface area contributed by atoms with Crippen LogP contribution >= 0.6 is 23.2 Å². The van der Waals surface area contributed by atoms with Gasteiger partial charge in [-0.3, -0.25) is 4.98 Å². The monoisotopic (exact) mass is 280 g/mol. The summed E-state index contributed by atoms with van der Waals surface area (Å²) in [6.07, 6.45) is 3.51. The van der Waals surface area contributed by atoms with E-state index in [-0.39, 0.29) is 12.0 Å². The zero-order valence-corrected chi connectivity index (χ0v) is 11.5. The van der Waals surface area contributed by atoms with Gasteiger partial charge in [-0.2, -0.15) is 0 Å². The number of benzene rings is 1. The molecule has 0 spiro atoms. The molecule has 2 atom stereocenters. The highest BCUT2D eigenvalue weighted by Gasteiger charge is 2.21. The van der Waals surface area contributed by atoms with Crippen LogP contribution in [-0.4, -0.2) is 4.98 Å². The van der Waals surface area contributed by atoms with Crippen LogP contribution in [0.25, 0.3) is 0 Å². The summed E-state index contributed by atoms with van der Waals surface area (Å²) in [4.78, 5) is 4.00. The molecule has 2 rings (SSSR count). The predicted octanol–water partition coefficient (Wildman–Crippen LogP) is 4.19. The second-order valence-corrected chi connectivity index (χ2v) is 5.04. The van der Waals surface area contributed by atoms with Gasteiger partial charge in [-0.05, 0) is 29.8 Å². The third kappa shape index (κ3) is 2.66. The summed E-state index contributed by atoms with van der Waals surface area (Å²) in [7, 11) is 0. The summed E-state index contributed by atoms with van der Waals surface area (Å²) in [5, 5.41) is 1.21. The van der Waals surface area contributed by atoms with Crippen LogP contribution in [0, 0.1) is 0 Å². The molecule has 0 amide bonds. The first kappa shape index (κ1) is 13.3. The Morgan fingerprint density at radius 3 is 2.17 bits per heavy atom. The highest BCUT2D eigenvalue weighted by molar-refractivity contribution is 6.36. The second kappa shape index (κ2) is 5.70. The number of nitrogens with zero attached hydrogens (tertiary/aromatic N) is 1. The maximum atomic E-state index is 6.28. The van der Waals surface area contributed by atoms with E-state index in [1.807, 2.05) is 30.3 Å². The van der Waals surface area contributed by atoms with E-state index >= 15 is 0 Å². The van der Waals surface area contributed by atoms with Crippen molar-refractivity contribution in [1.82, 2.24) is 4.98 Å². The van der Waals surface area contributed by atoms with Gasteiger partial charge in [0.25, 0.3) is 0 Å². The molecule has 0 radical (unpaired) electrons. The Morgan fingerprint density at radius 1 is 1.06 bits per heavy atom. The zero-order valence-electron chi connectivity index (χ0n) is 9.98. The van der Waals surface area contributed by atoms with Gasteiger partial charge in [-0.15, -0.1) is 0 Å². The minimum absolute atomic E-state index is 0.116. The van der Waals surface area contributed by atoms with E-state index in [4.69, 9.17) is 28.9 Å². The summed E-state index contributed by atoms with van der Waals surface area (Å²) >= 11 is 12.4. The lowest BCUT2D eigenvalue weighted by molar-refractivity contribution is 0.598. The lowest BCUT2D eigenvalue weighted by Crippen LogP contribution is -2.18. The van der Waals surface area contributed by atoms with Crippen molar-refractivity contribution in [2.45, 2.75) is 18.9 Å². The van der Waals surface area contributed by atoms with Crippen molar-refractivity contribution in [2.75, 3.05) is 0 Å². The molecule has 0 aliphatic carbocycles. The first-order valence-corrected chi connectivity index (χ1v) is 6.46. The molecule has 94 valence electrons. The third-order valence-electron chi connectivity index (χ3n) is 3.10. The number of hydrogen-bond acceptors (Lipinski definition) is 2. The van der Waals surface area contributed by atoms with Crippen LogP contribution in [-0.2, 0) is 0 Å². The molecule has 1 heterocycles. The van der Waals surface area contributed by atoms with Crippen LogP contribution in [0.1, 0.15) is 30.0 Å². The largest absolute Gasteiger partial charge is 0.323 e. The normalized spacial score (nSPS) is 14.2. The van der Waals surface area contributed by atoms with Crippen LogP contribution in [0.5, 0.6) is 0 Å². The van der Waals surface area contributed by atoms with Crippen LogP contribution in [0.3, 0.4) is 0 Å². The van der Waals surface area contributed by atoms with E-state index in [1.54, 1.807) is 12.4 Å². The summed E-state index contributed by atoms with van der Waals surface area (Å²) < 4.78 is 0. The SMILES string of the molecule is CC(c1ccncc1)C(N)c1c(Cl)cccc1Cl. The van der Waals surface area contributed by atoms with Gasteiger partial charge in [0.15, 0.2) is 0 Å². The summed E-state index contributed by atoms with van der Waals surface area (Å²) in [5.74, 6) is 0.116. The van der Waals surface area contributed by atoms with Gasteiger partial charge >= 0.3 is 0 Å². The molecule has 1 aromatic heterocycles. The van der Waals surface area contributed by atoms with Gasteiger partial charge in [-0.1, -0.05) is 36.2 Å². The number of halogens is 2. The molecule has 2 aromatic rings. The molecule has 1 aromatic carbocycles. The predicted molar refractivity (Wildman–Crippen MR) is 76.0 cm³/mol. The molecule has 0 saturated carbocycles. The number of nitrogens with two attached hydrogens (primary N) is 1. The third-order valence-corrected chi connectivity index (χ3v) is 3.76. The van der Waals surface area contributed by atoms with Gasteiger partial charge in [0.2, 0.25) is 0 Å². The summed E-state index contributed by atoms with van der Waals surface area (Å²) in [5.41, 5.74) is 8.20. The molecule has 4 heteroatoms. The maximum absolute atomic E-state index is 6.28. The van der Waals surface area contributed by atoms with E-state index < -0.39 is 0 Å². The first-order valence-electron chi connectivity index (χ1n) is 5.70. The summed E-state index contributed by atoms with van der Waals surface area (Å²) in [6.45, 7) is 2.06. The topological polar surface area (TPSA) is 38.9 Å². The average Bonchev–Trinajstić information content (AvgIpc) is 2.38. The minimum atomic E-state index is -0.242. The van der Waals surface area contributed by atoms with Crippen molar-refractivity contribution >= 4 is 23.2 Å². The molecule has 0 fully saturated rings. The first-order chi connectivity index (χ1) is 8.61. The van der Waals surface area contributed by atoms with Crippen molar-refractivity contribution in [3.63, 3.8) is 0 Å². The number of rotatable bonds is 3. The minimum Gasteiger partial charge on any atom is -0.323 e. The lowest BCUT2D eigenvalue weighted by Gasteiger charge is -2.22. The molecule has 0 saturated heterocycles. The molecular weight excluding hydrogens is 267 g/mol. The molecule has 2 N–H and O–H groups in total. The quantitative estimate of drug-likeness (QED) is 0.916. The van der Waals surface area contributed by atoms with Crippen molar-refractivity contribution in [3.8, 4) is 0 Å². The molecule has 18 heavy (non-hydrogen) atoms. The van der Waals surface area contributed by atoms with Gasteiger partial charge in [0.1, 0.15) is 0 Å². The van der Waals surface area contributed by atoms with E-state index in [0.29, 0.717) is 10.0 Å². The number of aromatic nitrogens is 1. The standard InChI is InChI=1S/C14H14Cl2N2/c1-9(10-5-7-18-8-6-10)14(17)13-11(15)3-2-4-12(13)16/h2-9,14H,17H2,1H3. The molecular formula is C14H14Cl2N2. The van der Waals surface area contributed by atoms with Crippen LogP contribution in [0.15, 0.2) is 42.7 Å². The van der Waals surface area contributed by atoms with Crippen LogP contribution in [0.4, 0.5) is 0 Å². The Hall–Kier alpha value is -1.09. The second-order valence-electron chi connectivity index (χ2n) is 4.23. The van der Waals surface area contributed by atoms with Crippen molar-refractivity contribution < 1.29 is 0 Å². The van der Waals surface area contributed by atoms with E-state index in [9.17, 15) is 0 Å². The Morgan fingerprint density at radius 2 is 1.61 bits per heavy atom.